The largest absolute Gasteiger partial charge is 0.496 e. The van der Waals surface area contributed by atoms with Crippen LogP contribution in [0.3, 0.4) is 0 Å². The van der Waals surface area contributed by atoms with E-state index in [1.165, 1.54) is 32.2 Å². The molecular formula is C20H26N2O5S. The Morgan fingerprint density at radius 1 is 1.14 bits per heavy atom. The molecule has 28 heavy (non-hydrogen) atoms. The summed E-state index contributed by atoms with van der Waals surface area (Å²) >= 11 is 1.53. The van der Waals surface area contributed by atoms with E-state index in [1.54, 1.807) is 22.9 Å². The molecule has 1 heterocycles. The van der Waals surface area contributed by atoms with Gasteiger partial charge in [0, 0.05) is 6.07 Å². The predicted molar refractivity (Wildman–Crippen MR) is 108 cm³/mol. The van der Waals surface area contributed by atoms with Crippen molar-refractivity contribution in [2.45, 2.75) is 44.7 Å². The lowest BCUT2D eigenvalue weighted by Crippen LogP contribution is -2.24. The highest BCUT2D eigenvalue weighted by Gasteiger charge is 2.25. The number of aromatic nitrogens is 2. The number of thioether (sulfide) groups is 1. The molecule has 8 heteroatoms. The Bertz CT molecular complexity index is 855. The molecule has 0 spiro atoms. The van der Waals surface area contributed by atoms with Gasteiger partial charge in [0.25, 0.3) is 0 Å². The normalized spacial score (nSPS) is 11.2. The van der Waals surface area contributed by atoms with Crippen LogP contribution in [0.15, 0.2) is 29.4 Å². The van der Waals surface area contributed by atoms with Gasteiger partial charge in [-0.3, -0.25) is 0 Å². The zero-order chi connectivity index (χ0) is 20.9. The summed E-state index contributed by atoms with van der Waals surface area (Å²) < 4.78 is 17.3. The molecule has 0 unspecified atom stereocenters. The second-order valence-corrected chi connectivity index (χ2v) is 8.09. The predicted octanol–water partition coefficient (Wildman–Crippen LogP) is 4.12. The SMILES string of the molecule is CCCSc1c(C(=O)OC(C)(C)C)cnn1-c1ccc(C(=O)OC)c(OC)c1. The van der Waals surface area contributed by atoms with E-state index < -0.39 is 17.5 Å². The molecule has 152 valence electrons. The molecule has 1 aromatic heterocycles. The van der Waals surface area contributed by atoms with Crippen LogP contribution in [0, 0.1) is 0 Å². The molecule has 0 aliphatic carbocycles. The van der Waals surface area contributed by atoms with Gasteiger partial charge < -0.3 is 14.2 Å². The summed E-state index contributed by atoms with van der Waals surface area (Å²) in [5, 5.41) is 5.07. The van der Waals surface area contributed by atoms with Crippen LogP contribution in [0.1, 0.15) is 54.8 Å². The number of esters is 2. The minimum atomic E-state index is -0.600. The number of carbonyl (C=O) groups excluding carboxylic acids is 2. The Labute approximate surface area is 169 Å². The zero-order valence-corrected chi connectivity index (χ0v) is 17.9. The van der Waals surface area contributed by atoms with Crippen molar-refractivity contribution in [3.63, 3.8) is 0 Å². The van der Waals surface area contributed by atoms with E-state index in [9.17, 15) is 9.59 Å². The maximum Gasteiger partial charge on any atom is 0.343 e. The van der Waals surface area contributed by atoms with E-state index in [1.807, 2.05) is 20.8 Å². The molecule has 0 saturated carbocycles. The Hall–Kier alpha value is -2.48. The third-order valence-corrected chi connectivity index (χ3v) is 4.90. The van der Waals surface area contributed by atoms with Gasteiger partial charge in [-0.25, -0.2) is 14.3 Å². The van der Waals surface area contributed by atoms with E-state index in [0.717, 1.165) is 12.2 Å². The molecule has 0 aliphatic heterocycles. The first kappa shape index (κ1) is 21.8. The molecule has 0 atom stereocenters. The van der Waals surface area contributed by atoms with E-state index in [4.69, 9.17) is 14.2 Å². The average molecular weight is 407 g/mol. The molecule has 1 aromatic carbocycles. The molecule has 0 radical (unpaired) electrons. The zero-order valence-electron chi connectivity index (χ0n) is 17.1. The number of ether oxygens (including phenoxy) is 3. The van der Waals surface area contributed by atoms with Crippen LogP contribution in [0.25, 0.3) is 5.69 Å². The number of hydrogen-bond acceptors (Lipinski definition) is 7. The summed E-state index contributed by atoms with van der Waals surface area (Å²) in [5.74, 6) is 0.276. The van der Waals surface area contributed by atoms with Gasteiger partial charge in [-0.2, -0.15) is 5.10 Å². The smallest absolute Gasteiger partial charge is 0.343 e. The molecular weight excluding hydrogens is 380 g/mol. The van der Waals surface area contributed by atoms with Crippen molar-refractivity contribution in [1.82, 2.24) is 9.78 Å². The highest BCUT2D eigenvalue weighted by Crippen LogP contribution is 2.30. The van der Waals surface area contributed by atoms with Crippen LogP contribution in [0.4, 0.5) is 0 Å². The minimum absolute atomic E-state index is 0.316. The van der Waals surface area contributed by atoms with Crippen molar-refractivity contribution in [2.75, 3.05) is 20.0 Å². The average Bonchev–Trinajstić information content (AvgIpc) is 3.07. The number of rotatable bonds is 7. The van der Waals surface area contributed by atoms with Gasteiger partial charge in [-0.1, -0.05) is 6.92 Å². The van der Waals surface area contributed by atoms with Crippen LogP contribution in [0.5, 0.6) is 5.75 Å². The quantitative estimate of drug-likeness (QED) is 0.505. The molecule has 0 saturated heterocycles. The van der Waals surface area contributed by atoms with Crippen LogP contribution in [-0.2, 0) is 9.47 Å². The van der Waals surface area contributed by atoms with Crippen molar-refractivity contribution < 1.29 is 23.8 Å². The Morgan fingerprint density at radius 2 is 1.86 bits per heavy atom. The van der Waals surface area contributed by atoms with Crippen LogP contribution in [0.2, 0.25) is 0 Å². The second-order valence-electron chi connectivity index (χ2n) is 7.00. The topological polar surface area (TPSA) is 79.7 Å². The summed E-state index contributed by atoms with van der Waals surface area (Å²) in [6, 6.07) is 5.04. The minimum Gasteiger partial charge on any atom is -0.496 e. The maximum absolute atomic E-state index is 12.6. The van der Waals surface area contributed by atoms with Crippen LogP contribution < -0.4 is 4.74 Å². The van der Waals surface area contributed by atoms with Gasteiger partial charge in [-0.15, -0.1) is 11.8 Å². The Kier molecular flexibility index (Phi) is 7.12. The number of benzene rings is 1. The molecule has 0 fully saturated rings. The standard InChI is InChI=1S/C20H26N2O5S/c1-7-10-28-17-15(19(24)27-20(2,3)4)12-21-22(17)13-8-9-14(18(23)26-6)16(11-13)25-5/h8-9,11-12H,7,10H2,1-6H3. The summed E-state index contributed by atoms with van der Waals surface area (Å²) in [4.78, 5) is 24.5. The van der Waals surface area contributed by atoms with Crippen molar-refractivity contribution in [3.8, 4) is 11.4 Å². The van der Waals surface area contributed by atoms with Crippen LogP contribution in [-0.4, -0.2) is 47.3 Å². The fourth-order valence-corrected chi connectivity index (χ4v) is 3.39. The molecule has 7 nitrogen and oxygen atoms in total. The van der Waals surface area contributed by atoms with E-state index in [0.29, 0.717) is 27.6 Å². The second kappa shape index (κ2) is 9.14. The number of carbonyl (C=O) groups is 2. The van der Waals surface area contributed by atoms with Crippen molar-refractivity contribution in [2.24, 2.45) is 0 Å². The first-order chi connectivity index (χ1) is 13.2. The fourth-order valence-electron chi connectivity index (χ4n) is 2.42. The number of hydrogen-bond donors (Lipinski definition) is 0. The lowest BCUT2D eigenvalue weighted by atomic mass is 10.2. The van der Waals surface area contributed by atoms with Gasteiger partial charge in [0.15, 0.2) is 0 Å². The highest BCUT2D eigenvalue weighted by atomic mass is 32.2. The first-order valence-corrected chi connectivity index (χ1v) is 9.91. The monoisotopic (exact) mass is 406 g/mol. The summed E-state index contributed by atoms with van der Waals surface area (Å²) in [6.07, 6.45) is 2.45. The Balaban J connectivity index is 2.50. The molecule has 0 N–H and O–H groups in total. The van der Waals surface area contributed by atoms with E-state index in [2.05, 4.69) is 12.0 Å². The third-order valence-electron chi connectivity index (χ3n) is 3.62. The van der Waals surface area contributed by atoms with Crippen LogP contribution >= 0.6 is 11.8 Å². The molecule has 0 bridgehead atoms. The number of methoxy groups -OCH3 is 2. The lowest BCUT2D eigenvalue weighted by Gasteiger charge is -2.19. The summed E-state index contributed by atoms with van der Waals surface area (Å²) in [5.41, 5.74) is 0.787. The molecule has 2 rings (SSSR count). The van der Waals surface area contributed by atoms with Crippen molar-refractivity contribution >= 4 is 23.7 Å². The molecule has 2 aromatic rings. The molecule has 0 aliphatic rings. The van der Waals surface area contributed by atoms with Gasteiger partial charge in [0.05, 0.1) is 26.1 Å². The third kappa shape index (κ3) is 5.07. The van der Waals surface area contributed by atoms with Gasteiger partial charge in [-0.05, 0) is 45.1 Å². The first-order valence-electron chi connectivity index (χ1n) is 8.92. The van der Waals surface area contributed by atoms with Gasteiger partial charge in [0.2, 0.25) is 0 Å². The highest BCUT2D eigenvalue weighted by molar-refractivity contribution is 7.99. The van der Waals surface area contributed by atoms with E-state index in [-0.39, 0.29) is 0 Å². The van der Waals surface area contributed by atoms with Crippen molar-refractivity contribution in [1.29, 1.82) is 0 Å². The molecule has 0 amide bonds. The number of nitrogens with zero attached hydrogens (tertiary/aromatic N) is 2. The van der Waals surface area contributed by atoms with Gasteiger partial charge in [0.1, 0.15) is 27.5 Å². The fraction of sp³-hybridized carbons (Fsp3) is 0.450. The van der Waals surface area contributed by atoms with Crippen molar-refractivity contribution in [3.05, 3.63) is 35.5 Å². The summed E-state index contributed by atoms with van der Waals surface area (Å²) in [7, 11) is 2.79. The van der Waals surface area contributed by atoms with Gasteiger partial charge >= 0.3 is 11.9 Å². The lowest BCUT2D eigenvalue weighted by molar-refractivity contribution is 0.00651. The van der Waals surface area contributed by atoms with E-state index >= 15 is 0 Å². The summed E-state index contributed by atoms with van der Waals surface area (Å²) in [6.45, 7) is 7.54. The maximum atomic E-state index is 12.6. The Morgan fingerprint density at radius 3 is 2.43 bits per heavy atom.